The molecular weight excluding hydrogens is 192 g/mol. The lowest BCUT2D eigenvalue weighted by molar-refractivity contribution is -0.122. The van der Waals surface area contributed by atoms with Crippen LogP contribution in [0.5, 0.6) is 0 Å². The fraction of sp³-hybridized carbons (Fsp3) is 0.500. The van der Waals surface area contributed by atoms with E-state index < -0.39 is 0 Å². The molecule has 2 rings (SSSR count). The molecule has 0 aliphatic heterocycles. The number of anilines is 1. The standard InChI is InChI=1S/C10H14N4O/c15-9(8-2-3-8)11-6-7-14-10-12-4-1-5-13-10/h1,4-5,8H,2-3,6-7H2,(H,11,15)(H,12,13,14). The SMILES string of the molecule is O=C(NCCNc1ncccn1)C1CC1. The number of hydrogen-bond donors (Lipinski definition) is 2. The number of rotatable bonds is 5. The van der Waals surface area contributed by atoms with Gasteiger partial charge in [-0.3, -0.25) is 4.79 Å². The summed E-state index contributed by atoms with van der Waals surface area (Å²) in [6.07, 6.45) is 5.44. The summed E-state index contributed by atoms with van der Waals surface area (Å²) >= 11 is 0. The lowest BCUT2D eigenvalue weighted by Crippen LogP contribution is -2.30. The van der Waals surface area contributed by atoms with Gasteiger partial charge in [-0.1, -0.05) is 0 Å². The largest absolute Gasteiger partial charge is 0.354 e. The predicted octanol–water partition coefficient (Wildman–Crippen LogP) is 0.415. The van der Waals surface area contributed by atoms with Crippen LogP contribution in [0, 0.1) is 5.92 Å². The molecule has 1 aliphatic rings. The summed E-state index contributed by atoms with van der Waals surface area (Å²) in [5.74, 6) is 1.04. The Kier molecular flexibility index (Phi) is 3.11. The molecule has 2 N–H and O–H groups in total. The van der Waals surface area contributed by atoms with Crippen LogP contribution in [0.4, 0.5) is 5.95 Å². The molecule has 0 spiro atoms. The summed E-state index contributed by atoms with van der Waals surface area (Å²) in [5, 5.41) is 5.88. The van der Waals surface area contributed by atoms with E-state index >= 15 is 0 Å². The molecule has 0 atom stereocenters. The second-order valence-corrected chi connectivity index (χ2v) is 3.56. The van der Waals surface area contributed by atoms with Crippen molar-refractivity contribution in [1.29, 1.82) is 0 Å². The topological polar surface area (TPSA) is 66.9 Å². The highest BCUT2D eigenvalue weighted by molar-refractivity contribution is 5.80. The maximum Gasteiger partial charge on any atom is 0.223 e. The second-order valence-electron chi connectivity index (χ2n) is 3.56. The van der Waals surface area contributed by atoms with Crippen LogP contribution in [0.2, 0.25) is 0 Å². The Morgan fingerprint density at radius 3 is 2.73 bits per heavy atom. The van der Waals surface area contributed by atoms with Crippen LogP contribution in [-0.2, 0) is 4.79 Å². The van der Waals surface area contributed by atoms with Crippen LogP contribution < -0.4 is 10.6 Å². The number of nitrogens with one attached hydrogen (secondary N) is 2. The van der Waals surface area contributed by atoms with E-state index in [1.165, 1.54) is 0 Å². The maximum atomic E-state index is 11.2. The zero-order valence-electron chi connectivity index (χ0n) is 8.44. The van der Waals surface area contributed by atoms with Crippen molar-refractivity contribution in [2.45, 2.75) is 12.8 Å². The maximum absolute atomic E-state index is 11.2. The molecule has 1 amide bonds. The molecule has 1 aromatic rings. The highest BCUT2D eigenvalue weighted by Gasteiger charge is 2.28. The summed E-state index contributed by atoms with van der Waals surface area (Å²) in [5.41, 5.74) is 0. The van der Waals surface area contributed by atoms with Crippen molar-refractivity contribution in [1.82, 2.24) is 15.3 Å². The third-order valence-corrected chi connectivity index (χ3v) is 2.22. The first kappa shape index (κ1) is 9.89. The van der Waals surface area contributed by atoms with Gasteiger partial charge in [0.25, 0.3) is 0 Å². The Balaban J connectivity index is 1.60. The molecule has 5 nitrogen and oxygen atoms in total. The van der Waals surface area contributed by atoms with Crippen LogP contribution in [0.3, 0.4) is 0 Å². The molecule has 0 unspecified atom stereocenters. The lowest BCUT2D eigenvalue weighted by atomic mass is 10.4. The molecule has 1 heterocycles. The Labute approximate surface area is 88.3 Å². The van der Waals surface area contributed by atoms with Gasteiger partial charge in [-0.25, -0.2) is 9.97 Å². The van der Waals surface area contributed by atoms with E-state index in [1.807, 2.05) is 0 Å². The van der Waals surface area contributed by atoms with Gasteiger partial charge in [0.05, 0.1) is 0 Å². The molecule has 80 valence electrons. The molecule has 1 fully saturated rings. The Morgan fingerprint density at radius 1 is 1.33 bits per heavy atom. The van der Waals surface area contributed by atoms with Crippen molar-refractivity contribution in [3.8, 4) is 0 Å². The number of carbonyl (C=O) groups is 1. The van der Waals surface area contributed by atoms with Gasteiger partial charge in [0.1, 0.15) is 0 Å². The fourth-order valence-electron chi connectivity index (χ4n) is 1.24. The van der Waals surface area contributed by atoms with Crippen molar-refractivity contribution >= 4 is 11.9 Å². The molecule has 15 heavy (non-hydrogen) atoms. The Morgan fingerprint density at radius 2 is 2.07 bits per heavy atom. The van der Waals surface area contributed by atoms with Gasteiger partial charge >= 0.3 is 0 Å². The number of amides is 1. The van der Waals surface area contributed by atoms with Crippen LogP contribution in [0.25, 0.3) is 0 Å². The summed E-state index contributed by atoms with van der Waals surface area (Å²) in [6.45, 7) is 1.27. The van der Waals surface area contributed by atoms with Crippen molar-refractivity contribution in [2.75, 3.05) is 18.4 Å². The monoisotopic (exact) mass is 206 g/mol. The first-order valence-electron chi connectivity index (χ1n) is 5.15. The summed E-state index contributed by atoms with van der Waals surface area (Å²) < 4.78 is 0. The first-order valence-corrected chi connectivity index (χ1v) is 5.15. The van der Waals surface area contributed by atoms with E-state index in [0.29, 0.717) is 19.0 Å². The zero-order chi connectivity index (χ0) is 10.5. The van der Waals surface area contributed by atoms with E-state index in [1.54, 1.807) is 18.5 Å². The third kappa shape index (κ3) is 3.19. The number of carbonyl (C=O) groups excluding carboxylic acids is 1. The first-order chi connectivity index (χ1) is 7.36. The predicted molar refractivity (Wildman–Crippen MR) is 56.3 cm³/mol. The van der Waals surface area contributed by atoms with E-state index in [2.05, 4.69) is 20.6 Å². The van der Waals surface area contributed by atoms with Crippen LogP contribution in [0.15, 0.2) is 18.5 Å². The van der Waals surface area contributed by atoms with Gasteiger partial charge < -0.3 is 10.6 Å². The molecule has 0 bridgehead atoms. The van der Waals surface area contributed by atoms with E-state index in [-0.39, 0.29) is 11.8 Å². The van der Waals surface area contributed by atoms with Crippen molar-refractivity contribution in [3.05, 3.63) is 18.5 Å². The molecule has 5 heteroatoms. The van der Waals surface area contributed by atoms with E-state index in [4.69, 9.17) is 0 Å². The lowest BCUT2D eigenvalue weighted by Gasteiger charge is -2.05. The van der Waals surface area contributed by atoms with Crippen molar-refractivity contribution < 1.29 is 4.79 Å². The Bertz CT molecular complexity index is 323. The summed E-state index contributed by atoms with van der Waals surface area (Å²) in [6, 6.07) is 1.76. The highest BCUT2D eigenvalue weighted by atomic mass is 16.2. The minimum atomic E-state index is 0.172. The molecule has 1 saturated carbocycles. The van der Waals surface area contributed by atoms with E-state index in [0.717, 1.165) is 12.8 Å². The van der Waals surface area contributed by atoms with Gasteiger partial charge in [-0.05, 0) is 18.9 Å². The number of hydrogen-bond acceptors (Lipinski definition) is 4. The summed E-state index contributed by atoms with van der Waals surface area (Å²) in [7, 11) is 0. The van der Waals surface area contributed by atoms with Gasteiger partial charge in [-0.15, -0.1) is 0 Å². The summed E-state index contributed by atoms with van der Waals surface area (Å²) in [4.78, 5) is 19.3. The molecule has 0 saturated heterocycles. The molecule has 0 aromatic carbocycles. The van der Waals surface area contributed by atoms with Gasteiger partial charge in [0, 0.05) is 31.4 Å². The average molecular weight is 206 g/mol. The van der Waals surface area contributed by atoms with Gasteiger partial charge in [-0.2, -0.15) is 0 Å². The Hall–Kier alpha value is -1.65. The van der Waals surface area contributed by atoms with Crippen LogP contribution in [-0.4, -0.2) is 29.0 Å². The molecular formula is C10H14N4O. The second kappa shape index (κ2) is 4.72. The number of aromatic nitrogens is 2. The highest BCUT2D eigenvalue weighted by Crippen LogP contribution is 2.28. The molecule has 0 radical (unpaired) electrons. The minimum absolute atomic E-state index is 0.172. The van der Waals surface area contributed by atoms with Crippen molar-refractivity contribution in [3.63, 3.8) is 0 Å². The molecule has 1 aliphatic carbocycles. The minimum Gasteiger partial charge on any atom is -0.354 e. The average Bonchev–Trinajstić information content (AvgIpc) is 3.09. The quantitative estimate of drug-likeness (QED) is 0.685. The van der Waals surface area contributed by atoms with Gasteiger partial charge in [0.2, 0.25) is 11.9 Å². The normalized spacial score (nSPS) is 14.7. The van der Waals surface area contributed by atoms with Crippen LogP contribution >= 0.6 is 0 Å². The molecule has 1 aromatic heterocycles. The third-order valence-electron chi connectivity index (χ3n) is 2.22. The zero-order valence-corrected chi connectivity index (χ0v) is 8.44. The van der Waals surface area contributed by atoms with Gasteiger partial charge in [0.15, 0.2) is 0 Å². The van der Waals surface area contributed by atoms with Crippen molar-refractivity contribution in [2.24, 2.45) is 5.92 Å². The smallest absolute Gasteiger partial charge is 0.223 e. The van der Waals surface area contributed by atoms with E-state index in [9.17, 15) is 4.79 Å². The fourth-order valence-corrected chi connectivity index (χ4v) is 1.24. The number of nitrogens with zero attached hydrogens (tertiary/aromatic N) is 2. The van der Waals surface area contributed by atoms with Crippen LogP contribution in [0.1, 0.15) is 12.8 Å².